The van der Waals surface area contributed by atoms with Gasteiger partial charge in [0, 0.05) is 38.0 Å². The molecule has 6 heteroatoms. The summed E-state index contributed by atoms with van der Waals surface area (Å²) < 4.78 is 0. The van der Waals surface area contributed by atoms with Crippen LogP contribution in [0.15, 0.2) is 0 Å². The van der Waals surface area contributed by atoms with E-state index >= 15 is 0 Å². The third-order valence-electron chi connectivity index (χ3n) is 5.70. The molecule has 0 aromatic heterocycles. The Bertz CT molecular complexity index is 449. The number of nitrogens with one attached hydrogen (secondary N) is 1. The highest BCUT2D eigenvalue weighted by molar-refractivity contribution is 5.85. The number of carbonyl (C=O) groups is 2. The van der Waals surface area contributed by atoms with Crippen LogP contribution >= 0.6 is 12.4 Å². The number of carbonyl (C=O) groups excluding carboxylic acids is 2. The summed E-state index contributed by atoms with van der Waals surface area (Å²) in [4.78, 5) is 28.9. The molecule has 2 saturated heterocycles. The molecule has 0 radical (unpaired) electrons. The molecule has 1 atom stereocenters. The molecule has 0 aromatic carbocycles. The average Bonchev–Trinajstić information content (AvgIpc) is 3.25. The summed E-state index contributed by atoms with van der Waals surface area (Å²) in [6.07, 6.45) is 4.29. The van der Waals surface area contributed by atoms with Crippen LogP contribution < -0.4 is 5.32 Å². The van der Waals surface area contributed by atoms with Crippen LogP contribution in [0.2, 0.25) is 0 Å². The summed E-state index contributed by atoms with van der Waals surface area (Å²) in [5, 5.41) is 3.39. The van der Waals surface area contributed by atoms with E-state index in [1.54, 1.807) is 0 Å². The van der Waals surface area contributed by atoms with E-state index in [0.29, 0.717) is 24.4 Å². The smallest absolute Gasteiger partial charge is 0.226 e. The Hall–Kier alpha value is -0.810. The molecule has 1 unspecified atom stereocenters. The summed E-state index contributed by atoms with van der Waals surface area (Å²) in [7, 11) is 0. The lowest BCUT2D eigenvalue weighted by Gasteiger charge is -2.26. The van der Waals surface area contributed by atoms with E-state index in [2.05, 4.69) is 5.32 Å². The molecule has 23 heavy (non-hydrogen) atoms. The van der Waals surface area contributed by atoms with Crippen molar-refractivity contribution in [2.75, 3.05) is 39.3 Å². The third kappa shape index (κ3) is 3.82. The monoisotopic (exact) mass is 343 g/mol. The summed E-state index contributed by atoms with van der Waals surface area (Å²) in [6, 6.07) is 0. The van der Waals surface area contributed by atoms with Gasteiger partial charge in [-0.2, -0.15) is 0 Å². The van der Waals surface area contributed by atoms with Crippen molar-refractivity contribution in [2.24, 2.45) is 17.3 Å². The van der Waals surface area contributed by atoms with Crippen LogP contribution in [0.3, 0.4) is 0 Å². The number of halogens is 1. The zero-order valence-corrected chi connectivity index (χ0v) is 15.2. The summed E-state index contributed by atoms with van der Waals surface area (Å²) in [6.45, 7) is 9.02. The minimum atomic E-state index is 0. The minimum absolute atomic E-state index is 0. The molecule has 1 saturated carbocycles. The van der Waals surface area contributed by atoms with Gasteiger partial charge in [0.25, 0.3) is 0 Å². The summed E-state index contributed by atoms with van der Waals surface area (Å²) >= 11 is 0. The maximum Gasteiger partial charge on any atom is 0.226 e. The van der Waals surface area contributed by atoms with E-state index < -0.39 is 0 Å². The fourth-order valence-electron chi connectivity index (χ4n) is 4.12. The first-order valence-electron chi connectivity index (χ1n) is 8.82. The van der Waals surface area contributed by atoms with Crippen molar-refractivity contribution in [1.29, 1.82) is 0 Å². The molecule has 5 nitrogen and oxygen atoms in total. The number of hydrogen-bond acceptors (Lipinski definition) is 3. The van der Waals surface area contributed by atoms with E-state index in [1.165, 1.54) is 0 Å². The van der Waals surface area contributed by atoms with E-state index in [-0.39, 0.29) is 30.2 Å². The molecule has 0 bridgehead atoms. The van der Waals surface area contributed by atoms with Gasteiger partial charge in [0.2, 0.25) is 11.8 Å². The van der Waals surface area contributed by atoms with Gasteiger partial charge in [-0.25, -0.2) is 0 Å². The van der Waals surface area contributed by atoms with Crippen LogP contribution in [0.25, 0.3) is 0 Å². The quantitative estimate of drug-likeness (QED) is 0.827. The van der Waals surface area contributed by atoms with Gasteiger partial charge >= 0.3 is 0 Å². The highest BCUT2D eigenvalue weighted by atomic mass is 35.5. The first-order valence-corrected chi connectivity index (χ1v) is 8.82. The molecular weight excluding hydrogens is 314 g/mol. The maximum absolute atomic E-state index is 12.8. The van der Waals surface area contributed by atoms with Crippen molar-refractivity contribution in [3.8, 4) is 0 Å². The lowest BCUT2D eigenvalue weighted by Crippen LogP contribution is -2.40. The van der Waals surface area contributed by atoms with E-state index in [0.717, 1.165) is 51.9 Å². The fourth-order valence-corrected chi connectivity index (χ4v) is 4.12. The normalized spacial score (nSPS) is 26.7. The Morgan fingerprint density at radius 2 is 1.65 bits per heavy atom. The van der Waals surface area contributed by atoms with Crippen molar-refractivity contribution in [2.45, 2.75) is 39.5 Å². The van der Waals surface area contributed by atoms with Crippen LogP contribution in [-0.2, 0) is 9.59 Å². The highest BCUT2D eigenvalue weighted by Gasteiger charge is 2.58. The Balaban J connectivity index is 0.00000192. The van der Waals surface area contributed by atoms with Crippen molar-refractivity contribution in [3.05, 3.63) is 0 Å². The Morgan fingerprint density at radius 1 is 1.04 bits per heavy atom. The van der Waals surface area contributed by atoms with Gasteiger partial charge in [0.05, 0.1) is 0 Å². The second-order valence-corrected chi connectivity index (χ2v) is 7.53. The number of piperidine rings is 1. The Labute approximate surface area is 145 Å². The average molecular weight is 344 g/mol. The minimum Gasteiger partial charge on any atom is -0.341 e. The van der Waals surface area contributed by atoms with Crippen LogP contribution in [0.4, 0.5) is 0 Å². The van der Waals surface area contributed by atoms with Crippen LogP contribution in [0.1, 0.15) is 39.5 Å². The molecule has 3 fully saturated rings. The lowest BCUT2D eigenvalue weighted by atomic mass is 9.91. The first kappa shape index (κ1) is 18.5. The number of hydrogen-bond donors (Lipinski definition) is 1. The fraction of sp³-hybridized carbons (Fsp3) is 0.882. The van der Waals surface area contributed by atoms with E-state index in [4.69, 9.17) is 0 Å². The molecule has 3 rings (SSSR count). The second-order valence-electron chi connectivity index (χ2n) is 7.53. The zero-order valence-electron chi connectivity index (χ0n) is 14.3. The molecule has 1 aliphatic carbocycles. The van der Waals surface area contributed by atoms with E-state index in [1.807, 2.05) is 23.6 Å². The van der Waals surface area contributed by atoms with Gasteiger partial charge in [0.1, 0.15) is 0 Å². The van der Waals surface area contributed by atoms with Gasteiger partial charge in [-0.05, 0) is 44.2 Å². The number of rotatable bonds is 2. The van der Waals surface area contributed by atoms with Crippen molar-refractivity contribution >= 4 is 24.2 Å². The van der Waals surface area contributed by atoms with Crippen molar-refractivity contribution < 1.29 is 9.59 Å². The predicted molar refractivity (Wildman–Crippen MR) is 92.5 cm³/mol. The van der Waals surface area contributed by atoms with Gasteiger partial charge in [-0.3, -0.25) is 9.59 Å². The van der Waals surface area contributed by atoms with Gasteiger partial charge in [-0.1, -0.05) is 13.8 Å². The molecule has 2 aliphatic heterocycles. The van der Waals surface area contributed by atoms with Crippen molar-refractivity contribution in [3.63, 3.8) is 0 Å². The molecule has 3 aliphatic rings. The molecule has 2 heterocycles. The predicted octanol–water partition coefficient (Wildman–Crippen LogP) is 1.51. The number of amides is 2. The Morgan fingerprint density at radius 3 is 2.30 bits per heavy atom. The molecule has 1 N–H and O–H groups in total. The first-order chi connectivity index (χ1) is 10.5. The van der Waals surface area contributed by atoms with Gasteiger partial charge in [-0.15, -0.1) is 12.4 Å². The molecular formula is C17H30ClN3O2. The van der Waals surface area contributed by atoms with Gasteiger partial charge < -0.3 is 15.1 Å². The molecule has 132 valence electrons. The second kappa shape index (κ2) is 7.39. The molecule has 0 aromatic rings. The summed E-state index contributed by atoms with van der Waals surface area (Å²) in [5.41, 5.74) is 0.308. The topological polar surface area (TPSA) is 52.7 Å². The maximum atomic E-state index is 12.8. The molecule has 1 spiro atoms. The third-order valence-corrected chi connectivity index (χ3v) is 5.70. The zero-order chi connectivity index (χ0) is 15.7. The largest absolute Gasteiger partial charge is 0.341 e. The van der Waals surface area contributed by atoms with Crippen LogP contribution in [0.5, 0.6) is 0 Å². The van der Waals surface area contributed by atoms with Crippen LogP contribution in [0, 0.1) is 17.3 Å². The highest BCUT2D eigenvalue weighted by Crippen LogP contribution is 2.59. The Kier molecular flexibility index (Phi) is 5.95. The lowest BCUT2D eigenvalue weighted by molar-refractivity contribution is -0.136. The number of nitrogens with zero attached hydrogens (tertiary/aromatic N) is 2. The SMILES string of the molecule is CC(C)C(=O)N1CCCN(C(=O)C2CC23CCNCC3)CC1.Cl. The van der Waals surface area contributed by atoms with E-state index in [9.17, 15) is 9.59 Å². The van der Waals surface area contributed by atoms with Crippen LogP contribution in [-0.4, -0.2) is 60.9 Å². The molecule has 2 amide bonds. The van der Waals surface area contributed by atoms with Crippen molar-refractivity contribution in [1.82, 2.24) is 15.1 Å². The standard InChI is InChI=1S/C17H29N3O2.ClH/c1-13(2)15(21)19-8-3-9-20(11-10-19)16(22)14-12-17(14)4-6-18-7-5-17;/h13-14,18H,3-12H2,1-2H3;1H. The van der Waals surface area contributed by atoms with Gasteiger partial charge in [0.15, 0.2) is 0 Å². The summed E-state index contributed by atoms with van der Waals surface area (Å²) in [5.74, 6) is 0.863.